The molecule has 0 aromatic carbocycles. The molecular weight excluding hydrogens is 356 g/mol. The molecule has 0 rings (SSSR count). The Kier molecular flexibility index (Phi) is 22.8. The topological polar surface area (TPSA) is 26.3 Å². The van der Waals surface area contributed by atoms with Gasteiger partial charge in [0, 0.05) is 5.57 Å². The van der Waals surface area contributed by atoms with E-state index in [2.05, 4.69) is 13.5 Å². The molecule has 0 aromatic rings. The summed E-state index contributed by atoms with van der Waals surface area (Å²) < 4.78 is 4.96. The molecule has 0 aromatic heterocycles. The molecule has 0 radical (unpaired) electrons. The molecule has 0 saturated carbocycles. The van der Waals surface area contributed by atoms with E-state index >= 15 is 0 Å². The summed E-state index contributed by atoms with van der Waals surface area (Å²) in [4.78, 5) is 11.5. The normalized spacial score (nSPS) is 11.0. The molecular formula is C27H52O2. The zero-order chi connectivity index (χ0) is 21.4. The van der Waals surface area contributed by atoms with Gasteiger partial charge in [0.05, 0.1) is 6.61 Å². The summed E-state index contributed by atoms with van der Waals surface area (Å²) in [6.45, 7) is 8.39. The molecule has 0 aliphatic carbocycles. The molecule has 0 fully saturated rings. The Hall–Kier alpha value is -0.790. The zero-order valence-electron chi connectivity index (χ0n) is 20.1. The molecule has 2 nitrogen and oxygen atoms in total. The van der Waals surface area contributed by atoms with Crippen LogP contribution >= 0.6 is 0 Å². The maximum absolute atomic E-state index is 11.5. The minimum atomic E-state index is -0.217. The summed E-state index contributed by atoms with van der Waals surface area (Å²) >= 11 is 0. The second kappa shape index (κ2) is 23.5. The van der Waals surface area contributed by atoms with Crippen LogP contribution in [0.5, 0.6) is 0 Å². The maximum atomic E-state index is 11.5. The van der Waals surface area contributed by atoms with Crippen molar-refractivity contribution in [3.8, 4) is 0 Å². The molecule has 2 heteroatoms. The first-order chi connectivity index (χ1) is 14.2. The van der Waals surface area contributed by atoms with Crippen LogP contribution in [0.3, 0.4) is 0 Å². The number of carbonyl (C=O) groups is 1. The molecule has 0 saturated heterocycles. The van der Waals surface area contributed by atoms with E-state index in [0.717, 1.165) is 12.8 Å². The SMILES string of the molecule is C=C(CCCCCCCCCCCCCCCCCCCCCC)C(=O)OCC. The van der Waals surface area contributed by atoms with E-state index in [1.807, 2.05) is 6.92 Å². The van der Waals surface area contributed by atoms with Gasteiger partial charge in [-0.1, -0.05) is 135 Å². The van der Waals surface area contributed by atoms with Gasteiger partial charge in [0.1, 0.15) is 0 Å². The highest BCUT2D eigenvalue weighted by atomic mass is 16.5. The van der Waals surface area contributed by atoms with Gasteiger partial charge in [-0.3, -0.25) is 0 Å². The van der Waals surface area contributed by atoms with Crippen LogP contribution in [0.1, 0.15) is 149 Å². The number of esters is 1. The van der Waals surface area contributed by atoms with Crippen LogP contribution in [-0.2, 0) is 9.53 Å². The van der Waals surface area contributed by atoms with Crippen LogP contribution in [0, 0.1) is 0 Å². The highest BCUT2D eigenvalue weighted by Crippen LogP contribution is 2.15. The second-order valence-corrected chi connectivity index (χ2v) is 8.79. The van der Waals surface area contributed by atoms with E-state index in [1.54, 1.807) is 0 Å². The number of rotatable bonds is 23. The Balaban J connectivity index is 3.12. The molecule has 0 unspecified atom stereocenters. The Morgan fingerprint density at radius 1 is 0.552 bits per heavy atom. The first-order valence-corrected chi connectivity index (χ1v) is 13.1. The van der Waals surface area contributed by atoms with Crippen molar-refractivity contribution in [2.24, 2.45) is 0 Å². The fourth-order valence-corrected chi connectivity index (χ4v) is 3.93. The van der Waals surface area contributed by atoms with Gasteiger partial charge in [-0.15, -0.1) is 0 Å². The van der Waals surface area contributed by atoms with Crippen molar-refractivity contribution in [2.75, 3.05) is 6.61 Å². The number of ether oxygens (including phenoxy) is 1. The Bertz CT molecular complexity index is 362. The minimum absolute atomic E-state index is 0.217. The summed E-state index contributed by atoms with van der Waals surface area (Å²) in [6.07, 6.45) is 28.6. The molecule has 0 N–H and O–H groups in total. The van der Waals surface area contributed by atoms with Crippen molar-refractivity contribution in [2.45, 2.75) is 149 Å². The van der Waals surface area contributed by atoms with E-state index < -0.39 is 0 Å². The predicted octanol–water partition coefficient (Wildman–Crippen LogP) is 9.32. The van der Waals surface area contributed by atoms with E-state index in [1.165, 1.54) is 122 Å². The van der Waals surface area contributed by atoms with Crippen molar-refractivity contribution in [1.82, 2.24) is 0 Å². The van der Waals surface area contributed by atoms with Gasteiger partial charge in [0.25, 0.3) is 0 Å². The molecule has 0 bridgehead atoms. The third kappa shape index (κ3) is 21.7. The van der Waals surface area contributed by atoms with Crippen molar-refractivity contribution < 1.29 is 9.53 Å². The van der Waals surface area contributed by atoms with Crippen molar-refractivity contribution >= 4 is 5.97 Å². The van der Waals surface area contributed by atoms with Crippen LogP contribution in [0.15, 0.2) is 12.2 Å². The lowest BCUT2D eigenvalue weighted by Gasteiger charge is -2.05. The highest BCUT2D eigenvalue weighted by Gasteiger charge is 2.06. The summed E-state index contributed by atoms with van der Waals surface area (Å²) in [5.41, 5.74) is 0.634. The molecule has 0 spiro atoms. The smallest absolute Gasteiger partial charge is 0.333 e. The van der Waals surface area contributed by atoms with Crippen LogP contribution in [0.2, 0.25) is 0 Å². The summed E-state index contributed by atoms with van der Waals surface area (Å²) in [5.74, 6) is -0.217. The standard InChI is InChI=1S/C27H52O2/c1-4-6-7-8-9-10-11-12-13-14-15-16-17-18-19-20-21-22-23-24-25-26(3)27(28)29-5-2/h3-25H2,1-2H3. The van der Waals surface area contributed by atoms with Gasteiger partial charge in [-0.2, -0.15) is 0 Å². The van der Waals surface area contributed by atoms with Gasteiger partial charge >= 0.3 is 5.97 Å². The average Bonchev–Trinajstić information content (AvgIpc) is 2.72. The highest BCUT2D eigenvalue weighted by molar-refractivity contribution is 5.87. The van der Waals surface area contributed by atoms with E-state index in [4.69, 9.17) is 4.74 Å². The molecule has 0 amide bonds. The third-order valence-corrected chi connectivity index (χ3v) is 5.90. The average molecular weight is 409 g/mol. The fraction of sp³-hybridized carbons (Fsp3) is 0.889. The van der Waals surface area contributed by atoms with Gasteiger partial charge in [0.15, 0.2) is 0 Å². The van der Waals surface area contributed by atoms with Crippen molar-refractivity contribution in [3.63, 3.8) is 0 Å². The van der Waals surface area contributed by atoms with Crippen molar-refractivity contribution in [1.29, 1.82) is 0 Å². The van der Waals surface area contributed by atoms with Crippen molar-refractivity contribution in [3.05, 3.63) is 12.2 Å². The number of unbranched alkanes of at least 4 members (excludes halogenated alkanes) is 19. The van der Waals surface area contributed by atoms with Crippen LogP contribution in [0.4, 0.5) is 0 Å². The van der Waals surface area contributed by atoms with Crippen LogP contribution in [0.25, 0.3) is 0 Å². The first-order valence-electron chi connectivity index (χ1n) is 13.1. The molecule has 0 aliphatic rings. The minimum Gasteiger partial charge on any atom is -0.463 e. The summed E-state index contributed by atoms with van der Waals surface area (Å²) in [6, 6.07) is 0. The van der Waals surface area contributed by atoms with E-state index in [-0.39, 0.29) is 5.97 Å². The Morgan fingerprint density at radius 2 is 0.862 bits per heavy atom. The second-order valence-electron chi connectivity index (χ2n) is 8.79. The maximum Gasteiger partial charge on any atom is 0.333 e. The zero-order valence-corrected chi connectivity index (χ0v) is 20.1. The molecule has 0 atom stereocenters. The molecule has 172 valence electrons. The lowest BCUT2D eigenvalue weighted by Crippen LogP contribution is -2.06. The van der Waals surface area contributed by atoms with Gasteiger partial charge in [0.2, 0.25) is 0 Å². The van der Waals surface area contributed by atoms with Gasteiger partial charge in [-0.05, 0) is 19.8 Å². The summed E-state index contributed by atoms with van der Waals surface area (Å²) in [5, 5.41) is 0. The fourth-order valence-electron chi connectivity index (χ4n) is 3.93. The third-order valence-electron chi connectivity index (χ3n) is 5.90. The lowest BCUT2D eigenvalue weighted by atomic mass is 10.0. The van der Waals surface area contributed by atoms with Gasteiger partial charge < -0.3 is 4.74 Å². The quantitative estimate of drug-likeness (QED) is 0.0956. The molecule has 0 aliphatic heterocycles. The van der Waals surface area contributed by atoms with E-state index in [9.17, 15) is 4.79 Å². The largest absolute Gasteiger partial charge is 0.463 e. The number of hydrogen-bond acceptors (Lipinski definition) is 2. The summed E-state index contributed by atoms with van der Waals surface area (Å²) in [7, 11) is 0. The lowest BCUT2D eigenvalue weighted by molar-refractivity contribution is -0.138. The number of carbonyl (C=O) groups excluding carboxylic acids is 1. The van der Waals surface area contributed by atoms with Gasteiger partial charge in [-0.25, -0.2) is 4.79 Å². The monoisotopic (exact) mass is 408 g/mol. The Morgan fingerprint density at radius 3 is 1.17 bits per heavy atom. The molecule has 29 heavy (non-hydrogen) atoms. The van der Waals surface area contributed by atoms with Crippen LogP contribution in [-0.4, -0.2) is 12.6 Å². The van der Waals surface area contributed by atoms with Crippen LogP contribution < -0.4 is 0 Å². The number of hydrogen-bond donors (Lipinski definition) is 0. The Labute approximate surface area is 183 Å². The van der Waals surface area contributed by atoms with E-state index in [0.29, 0.717) is 12.2 Å². The predicted molar refractivity (Wildman–Crippen MR) is 128 cm³/mol. The first kappa shape index (κ1) is 28.2. The molecule has 0 heterocycles.